The first-order valence-electron chi connectivity index (χ1n) is 16.6. The predicted octanol–water partition coefficient (Wildman–Crippen LogP) is 3.56. The number of benzene rings is 3. The van der Waals surface area contributed by atoms with Gasteiger partial charge in [0, 0.05) is 26.6 Å². The number of amides is 4. The molecule has 13 heteroatoms. The summed E-state index contributed by atoms with van der Waals surface area (Å²) in [6, 6.07) is 25.2. The number of likely N-dealkylation sites (N-methyl/N-ethyl adjacent to an activating group) is 1. The number of rotatable bonds is 15. The Kier molecular flexibility index (Phi) is 14.3. The van der Waals surface area contributed by atoms with Crippen LogP contribution in [0.1, 0.15) is 42.4 Å². The third-order valence-electron chi connectivity index (χ3n) is 8.25. The quantitative estimate of drug-likeness (QED) is 0.0944. The Morgan fingerprint density at radius 1 is 0.920 bits per heavy atom. The number of likely N-dealkylation sites (tertiary alicyclic amines) is 1. The number of hydrogen-bond donors (Lipinski definition) is 3. The van der Waals surface area contributed by atoms with E-state index in [9.17, 15) is 24.0 Å². The normalized spacial score (nSPS) is 15.3. The van der Waals surface area contributed by atoms with E-state index in [1.807, 2.05) is 91.0 Å². The Hall–Kier alpha value is -5.72. The van der Waals surface area contributed by atoms with Gasteiger partial charge >= 0.3 is 12.2 Å². The molecule has 1 aliphatic rings. The van der Waals surface area contributed by atoms with Crippen molar-refractivity contribution >= 4 is 36.2 Å². The van der Waals surface area contributed by atoms with Crippen molar-refractivity contribution in [2.24, 2.45) is 10.7 Å². The van der Waals surface area contributed by atoms with E-state index in [1.54, 1.807) is 0 Å². The molecule has 13 nitrogen and oxygen atoms in total. The number of carbonyl (C=O) groups is 5. The Labute approximate surface area is 291 Å². The molecule has 264 valence electrons. The number of alkyl carbamates (subject to hydrolysis) is 1. The number of hydrogen-bond acceptors (Lipinski definition) is 8. The summed E-state index contributed by atoms with van der Waals surface area (Å²) in [6.45, 7) is 0.646. The smallest absolute Gasteiger partial charge is 0.414 e. The maximum absolute atomic E-state index is 14.1. The fraction of sp³-hybridized carbons (Fsp3) is 0.351. The second-order valence-corrected chi connectivity index (χ2v) is 11.9. The highest BCUT2D eigenvalue weighted by atomic mass is 16.6. The number of nitrogens with zero attached hydrogens (tertiary/aromatic N) is 3. The summed E-state index contributed by atoms with van der Waals surface area (Å²) in [7, 11) is 1.52. The summed E-state index contributed by atoms with van der Waals surface area (Å²) in [5, 5.41) is 5.10. The molecule has 1 aliphatic heterocycles. The highest BCUT2D eigenvalue weighted by molar-refractivity contribution is 5.93. The van der Waals surface area contributed by atoms with Crippen LogP contribution in [-0.4, -0.2) is 84.3 Å². The summed E-state index contributed by atoms with van der Waals surface area (Å²) in [4.78, 5) is 71.4. The van der Waals surface area contributed by atoms with Crippen molar-refractivity contribution in [2.45, 2.75) is 63.4 Å². The monoisotopic (exact) mass is 684 g/mol. The van der Waals surface area contributed by atoms with Crippen LogP contribution < -0.4 is 16.4 Å². The van der Waals surface area contributed by atoms with E-state index in [0.29, 0.717) is 32.1 Å². The molecule has 0 radical (unpaired) electrons. The van der Waals surface area contributed by atoms with Crippen LogP contribution in [0.25, 0.3) is 0 Å². The lowest BCUT2D eigenvalue weighted by Gasteiger charge is -2.33. The van der Waals surface area contributed by atoms with Gasteiger partial charge in [0.1, 0.15) is 31.6 Å². The summed E-state index contributed by atoms with van der Waals surface area (Å²) < 4.78 is 10.6. The molecule has 3 aromatic carbocycles. The second kappa shape index (κ2) is 19.3. The molecule has 0 unspecified atom stereocenters. The summed E-state index contributed by atoms with van der Waals surface area (Å²) >= 11 is 0. The van der Waals surface area contributed by atoms with Crippen LogP contribution in [0, 0.1) is 0 Å². The molecule has 0 bridgehead atoms. The van der Waals surface area contributed by atoms with Gasteiger partial charge in [-0.25, -0.2) is 9.59 Å². The Morgan fingerprint density at radius 3 is 2.10 bits per heavy atom. The van der Waals surface area contributed by atoms with Crippen molar-refractivity contribution in [1.82, 2.24) is 20.4 Å². The van der Waals surface area contributed by atoms with Crippen LogP contribution in [-0.2, 0) is 43.5 Å². The number of ether oxygens (including phenoxy) is 2. The van der Waals surface area contributed by atoms with Crippen LogP contribution in [0.4, 0.5) is 9.59 Å². The van der Waals surface area contributed by atoms with Gasteiger partial charge < -0.3 is 30.2 Å². The molecule has 4 rings (SSSR count). The molecule has 1 fully saturated rings. The summed E-state index contributed by atoms with van der Waals surface area (Å²) in [6.07, 6.45) is 1.10. The van der Waals surface area contributed by atoms with Gasteiger partial charge in [0.2, 0.25) is 11.8 Å². The number of carbonyl (C=O) groups excluding carboxylic acids is 5. The number of nitrogens with one attached hydrogen (secondary N) is 2. The zero-order valence-electron chi connectivity index (χ0n) is 28.1. The molecule has 0 spiro atoms. The van der Waals surface area contributed by atoms with Gasteiger partial charge in [-0.15, -0.1) is 0 Å². The molecule has 4 N–H and O–H groups in total. The van der Waals surface area contributed by atoms with Gasteiger partial charge in [0.15, 0.2) is 5.96 Å². The van der Waals surface area contributed by atoms with Crippen molar-refractivity contribution in [3.8, 4) is 0 Å². The SMILES string of the molecule is CN(C(=O)OCc1ccccc1)[C@H](Cc1ccccc1)C(=O)N1CCC[C@H]1C(=O)N[C@H](C=O)CCCN=C(N)NC(=O)OCc1ccccc1. The minimum absolute atomic E-state index is 0.0494. The van der Waals surface area contributed by atoms with Crippen molar-refractivity contribution in [3.63, 3.8) is 0 Å². The van der Waals surface area contributed by atoms with E-state index < -0.39 is 36.2 Å². The average Bonchev–Trinajstić information content (AvgIpc) is 3.64. The van der Waals surface area contributed by atoms with Crippen LogP contribution in [0.2, 0.25) is 0 Å². The van der Waals surface area contributed by atoms with Crippen LogP contribution in [0.15, 0.2) is 96.0 Å². The fourth-order valence-electron chi connectivity index (χ4n) is 5.54. The largest absolute Gasteiger partial charge is 0.445 e. The molecular formula is C37H44N6O7. The minimum Gasteiger partial charge on any atom is -0.445 e. The van der Waals surface area contributed by atoms with E-state index in [2.05, 4.69) is 15.6 Å². The van der Waals surface area contributed by atoms with Gasteiger partial charge in [0.05, 0.1) is 6.04 Å². The molecule has 0 aliphatic carbocycles. The lowest BCUT2D eigenvalue weighted by atomic mass is 10.0. The standard InChI is InChI=1S/C37H44N6O7/c1-42(37(48)50-26-29-17-9-4-10-18-29)32(23-27-13-5-2-6-14-27)34(46)43-22-12-20-31(43)33(45)40-30(24-44)19-11-21-39-35(38)41-36(47)49-25-28-15-7-3-8-16-28/h2-10,13-18,24,30-32H,11-12,19-23,25-26H2,1H3,(H,40,45)(H3,38,39,41,47)/t30-,31-,32+/m0/s1. The van der Waals surface area contributed by atoms with Gasteiger partial charge in [-0.2, -0.15) is 0 Å². The first-order chi connectivity index (χ1) is 24.2. The number of guanidine groups is 1. The maximum Gasteiger partial charge on any atom is 0.414 e. The Morgan fingerprint density at radius 2 is 1.50 bits per heavy atom. The van der Waals surface area contributed by atoms with E-state index in [0.717, 1.165) is 16.7 Å². The van der Waals surface area contributed by atoms with Crippen molar-refractivity contribution < 1.29 is 33.4 Å². The highest BCUT2D eigenvalue weighted by Crippen LogP contribution is 2.22. The van der Waals surface area contributed by atoms with Crippen molar-refractivity contribution in [1.29, 1.82) is 0 Å². The molecule has 0 aromatic heterocycles. The first kappa shape index (κ1) is 37.1. The van der Waals surface area contributed by atoms with Crippen molar-refractivity contribution in [2.75, 3.05) is 20.1 Å². The van der Waals surface area contributed by atoms with E-state index in [-0.39, 0.29) is 44.5 Å². The van der Waals surface area contributed by atoms with Gasteiger partial charge in [-0.05, 0) is 42.4 Å². The molecule has 50 heavy (non-hydrogen) atoms. The highest BCUT2D eigenvalue weighted by Gasteiger charge is 2.40. The topological polar surface area (TPSA) is 173 Å². The molecule has 1 saturated heterocycles. The molecule has 4 amide bonds. The number of nitrogens with two attached hydrogens (primary N) is 1. The maximum atomic E-state index is 14.1. The van der Waals surface area contributed by atoms with Crippen LogP contribution >= 0.6 is 0 Å². The molecule has 3 aromatic rings. The summed E-state index contributed by atoms with van der Waals surface area (Å²) in [5.41, 5.74) is 8.27. The molecule has 0 saturated carbocycles. The lowest BCUT2D eigenvalue weighted by Crippen LogP contribution is -2.55. The molecular weight excluding hydrogens is 640 g/mol. The first-order valence-corrected chi connectivity index (χ1v) is 16.6. The predicted molar refractivity (Wildman–Crippen MR) is 187 cm³/mol. The van der Waals surface area contributed by atoms with Gasteiger partial charge in [0.25, 0.3) is 0 Å². The zero-order valence-corrected chi connectivity index (χ0v) is 28.1. The van der Waals surface area contributed by atoms with Crippen LogP contribution in [0.3, 0.4) is 0 Å². The third kappa shape index (κ3) is 11.5. The molecule has 3 atom stereocenters. The molecule has 1 heterocycles. The third-order valence-corrected chi connectivity index (χ3v) is 8.25. The number of aldehydes is 1. The Balaban J connectivity index is 1.30. The average molecular weight is 685 g/mol. The minimum atomic E-state index is -0.927. The number of aliphatic imine (C=N–C) groups is 1. The fourth-order valence-corrected chi connectivity index (χ4v) is 5.54. The lowest BCUT2D eigenvalue weighted by molar-refractivity contribution is -0.142. The van der Waals surface area contributed by atoms with Crippen molar-refractivity contribution in [3.05, 3.63) is 108 Å². The van der Waals surface area contributed by atoms with E-state index >= 15 is 0 Å². The van der Waals surface area contributed by atoms with Gasteiger partial charge in [-0.1, -0.05) is 91.0 Å². The summed E-state index contributed by atoms with van der Waals surface area (Å²) in [5.74, 6) is -0.965. The Bertz CT molecular complexity index is 1590. The second-order valence-electron chi connectivity index (χ2n) is 11.9. The van der Waals surface area contributed by atoms with Crippen LogP contribution in [0.5, 0.6) is 0 Å². The van der Waals surface area contributed by atoms with E-state index in [4.69, 9.17) is 15.2 Å². The zero-order chi connectivity index (χ0) is 35.7. The van der Waals surface area contributed by atoms with Gasteiger partial charge in [-0.3, -0.25) is 24.8 Å². The van der Waals surface area contributed by atoms with E-state index in [1.165, 1.54) is 16.8 Å².